The van der Waals surface area contributed by atoms with Gasteiger partial charge in [-0.05, 0) is 37.3 Å². The van der Waals surface area contributed by atoms with Crippen molar-refractivity contribution in [2.45, 2.75) is 43.9 Å². The van der Waals surface area contributed by atoms with Crippen LogP contribution in [0.15, 0.2) is 30.7 Å². The molecule has 0 spiro atoms. The number of aromatic nitrogens is 4. The van der Waals surface area contributed by atoms with Gasteiger partial charge in [0.25, 0.3) is 0 Å². The van der Waals surface area contributed by atoms with Gasteiger partial charge in [-0.3, -0.25) is 9.48 Å². The number of nitrogens with zero attached hydrogens (tertiary/aromatic N) is 5. The van der Waals surface area contributed by atoms with Crippen LogP contribution >= 0.6 is 0 Å². The number of hydrogen-bond donors (Lipinski definition) is 1. The molecule has 1 saturated heterocycles. The smallest absolute Gasteiger partial charge is 0.333 e. The number of aryl methyl sites for hydroxylation is 1. The lowest BCUT2D eigenvalue weighted by Gasteiger charge is -2.34. The molecule has 2 aromatic heterocycles. The van der Waals surface area contributed by atoms with Crippen LogP contribution in [0.3, 0.4) is 0 Å². The Morgan fingerprint density at radius 2 is 2.13 bits per heavy atom. The molecule has 4 atom stereocenters. The SMILES string of the molecule is Cn1cc(Nc2nccc(C3=CC4CCC(C3)N4C(=O)C3CC3C(F)(F)F)n2)cn1. The lowest BCUT2D eigenvalue weighted by atomic mass is 9.97. The second-order valence-electron chi connectivity index (χ2n) is 8.22. The van der Waals surface area contributed by atoms with Gasteiger partial charge in [-0.15, -0.1) is 0 Å². The Balaban J connectivity index is 1.33. The molecule has 3 aliphatic rings. The third kappa shape index (κ3) is 3.44. The van der Waals surface area contributed by atoms with Gasteiger partial charge in [0.1, 0.15) is 0 Å². The zero-order valence-corrected chi connectivity index (χ0v) is 16.3. The summed E-state index contributed by atoms with van der Waals surface area (Å²) in [5.41, 5.74) is 2.54. The summed E-state index contributed by atoms with van der Waals surface area (Å²) in [6.07, 6.45) is 4.94. The molecule has 158 valence electrons. The average Bonchev–Trinajstić information content (AvgIpc) is 3.36. The van der Waals surface area contributed by atoms with Gasteiger partial charge < -0.3 is 10.2 Å². The van der Waals surface area contributed by atoms with Crippen LogP contribution < -0.4 is 5.32 Å². The maximum atomic E-state index is 12.9. The van der Waals surface area contributed by atoms with E-state index in [1.54, 1.807) is 22.0 Å². The van der Waals surface area contributed by atoms with Crippen LogP contribution in [0.4, 0.5) is 24.8 Å². The molecule has 1 aliphatic carbocycles. The van der Waals surface area contributed by atoms with Gasteiger partial charge in [-0.1, -0.05) is 6.08 Å². The number of hydrogen-bond acceptors (Lipinski definition) is 5. The highest BCUT2D eigenvalue weighted by Gasteiger charge is 2.61. The summed E-state index contributed by atoms with van der Waals surface area (Å²) < 4.78 is 40.4. The van der Waals surface area contributed by atoms with Crippen molar-refractivity contribution in [2.24, 2.45) is 18.9 Å². The number of carbonyl (C=O) groups is 1. The number of anilines is 2. The third-order valence-corrected chi connectivity index (χ3v) is 6.12. The monoisotopic (exact) mass is 418 g/mol. The van der Waals surface area contributed by atoms with Crippen LogP contribution in [0.1, 0.15) is 31.4 Å². The van der Waals surface area contributed by atoms with Crippen molar-refractivity contribution in [1.29, 1.82) is 0 Å². The van der Waals surface area contributed by atoms with Gasteiger partial charge in [-0.2, -0.15) is 18.3 Å². The molecule has 1 amide bonds. The fraction of sp³-hybridized carbons (Fsp3) is 0.500. The first-order chi connectivity index (χ1) is 14.3. The van der Waals surface area contributed by atoms with Gasteiger partial charge in [-0.25, -0.2) is 9.97 Å². The highest BCUT2D eigenvalue weighted by molar-refractivity contribution is 5.84. The first kappa shape index (κ1) is 19.1. The van der Waals surface area contributed by atoms with Crippen LogP contribution in [-0.2, 0) is 11.8 Å². The number of amides is 1. The minimum absolute atomic E-state index is 0.0679. The summed E-state index contributed by atoms with van der Waals surface area (Å²) in [5.74, 6) is -2.28. The highest BCUT2D eigenvalue weighted by atomic mass is 19.4. The summed E-state index contributed by atoms with van der Waals surface area (Å²) in [6, 6.07) is 1.59. The lowest BCUT2D eigenvalue weighted by Crippen LogP contribution is -2.44. The first-order valence-electron chi connectivity index (χ1n) is 9.98. The zero-order valence-electron chi connectivity index (χ0n) is 16.3. The predicted molar refractivity (Wildman–Crippen MR) is 102 cm³/mol. The molecule has 2 fully saturated rings. The Morgan fingerprint density at radius 3 is 2.80 bits per heavy atom. The van der Waals surface area contributed by atoms with Gasteiger partial charge in [0.15, 0.2) is 0 Å². The number of halogens is 3. The van der Waals surface area contributed by atoms with E-state index in [9.17, 15) is 18.0 Å². The van der Waals surface area contributed by atoms with Crippen molar-refractivity contribution in [3.05, 3.63) is 36.4 Å². The van der Waals surface area contributed by atoms with Crippen LogP contribution in [0.2, 0.25) is 0 Å². The maximum Gasteiger partial charge on any atom is 0.392 e. The molecule has 7 nitrogen and oxygen atoms in total. The van der Waals surface area contributed by atoms with Gasteiger partial charge in [0.05, 0.1) is 35.5 Å². The maximum absolute atomic E-state index is 12.9. The van der Waals surface area contributed by atoms with E-state index in [2.05, 4.69) is 20.4 Å². The summed E-state index contributed by atoms with van der Waals surface area (Å²) in [4.78, 5) is 23.2. The number of carbonyl (C=O) groups excluding carboxylic acids is 1. The zero-order chi connectivity index (χ0) is 21.0. The quantitative estimate of drug-likeness (QED) is 0.825. The Bertz CT molecular complexity index is 1020. The molecule has 2 aromatic rings. The Kier molecular flexibility index (Phi) is 4.33. The van der Waals surface area contributed by atoms with E-state index in [4.69, 9.17) is 0 Å². The third-order valence-electron chi connectivity index (χ3n) is 6.12. The number of nitrogens with one attached hydrogen (secondary N) is 1. The van der Waals surface area contributed by atoms with E-state index in [-0.39, 0.29) is 24.4 Å². The standard InChI is InChI=1S/C20H21F3N6O/c1-28-10-12(9-25-28)26-19-24-5-4-17(27-19)11-6-13-2-3-14(7-11)29(13)18(30)15-8-16(15)20(21,22)23/h4-6,9-10,13-16H,2-3,7-8H2,1H3,(H,24,26,27). The van der Waals surface area contributed by atoms with Crippen LogP contribution in [-0.4, -0.2) is 48.8 Å². The Labute approximate surface area is 171 Å². The van der Waals surface area contributed by atoms with Gasteiger partial charge >= 0.3 is 6.18 Å². The molecule has 1 saturated carbocycles. The number of alkyl halides is 3. The van der Waals surface area contributed by atoms with Crippen LogP contribution in [0.25, 0.3) is 5.57 Å². The van der Waals surface area contributed by atoms with E-state index in [1.807, 2.05) is 25.4 Å². The highest BCUT2D eigenvalue weighted by Crippen LogP contribution is 2.52. The molecule has 5 rings (SSSR count). The molecule has 2 bridgehead atoms. The minimum Gasteiger partial charge on any atom is -0.333 e. The molecular weight excluding hydrogens is 397 g/mol. The van der Waals surface area contributed by atoms with E-state index in [0.29, 0.717) is 12.4 Å². The molecule has 30 heavy (non-hydrogen) atoms. The van der Waals surface area contributed by atoms with Gasteiger partial charge in [0, 0.05) is 25.5 Å². The molecule has 1 N–H and O–H groups in total. The van der Waals surface area contributed by atoms with E-state index >= 15 is 0 Å². The Hall–Kier alpha value is -2.91. The van der Waals surface area contributed by atoms with Gasteiger partial charge in [0.2, 0.25) is 11.9 Å². The van der Waals surface area contributed by atoms with Crippen molar-refractivity contribution >= 4 is 23.1 Å². The van der Waals surface area contributed by atoms with Crippen molar-refractivity contribution < 1.29 is 18.0 Å². The number of rotatable bonds is 4. The Morgan fingerprint density at radius 1 is 1.30 bits per heavy atom. The van der Waals surface area contributed by atoms with Crippen molar-refractivity contribution in [3.63, 3.8) is 0 Å². The lowest BCUT2D eigenvalue weighted by molar-refractivity contribution is -0.158. The summed E-state index contributed by atoms with van der Waals surface area (Å²) >= 11 is 0. The van der Waals surface area contributed by atoms with Crippen LogP contribution in [0.5, 0.6) is 0 Å². The summed E-state index contributed by atoms with van der Waals surface area (Å²) in [6.45, 7) is 0. The minimum atomic E-state index is -4.28. The molecule has 2 aliphatic heterocycles. The largest absolute Gasteiger partial charge is 0.392 e. The second kappa shape index (κ2) is 6.82. The van der Waals surface area contributed by atoms with Crippen molar-refractivity contribution in [1.82, 2.24) is 24.6 Å². The van der Waals surface area contributed by atoms with Crippen molar-refractivity contribution in [3.8, 4) is 0 Å². The molecular formula is C20H21F3N6O. The van der Waals surface area contributed by atoms with Crippen molar-refractivity contribution in [2.75, 3.05) is 5.32 Å². The molecule has 4 heterocycles. The van der Waals surface area contributed by atoms with E-state index < -0.39 is 18.0 Å². The van der Waals surface area contributed by atoms with Crippen LogP contribution in [0, 0.1) is 11.8 Å². The molecule has 0 radical (unpaired) electrons. The second-order valence-corrected chi connectivity index (χ2v) is 8.22. The topological polar surface area (TPSA) is 75.9 Å². The first-order valence-corrected chi connectivity index (χ1v) is 9.98. The fourth-order valence-electron chi connectivity index (χ4n) is 4.60. The summed E-state index contributed by atoms with van der Waals surface area (Å²) in [5, 5.41) is 7.20. The van der Waals surface area contributed by atoms with E-state index in [1.165, 1.54) is 0 Å². The number of fused-ring (bicyclic) bond motifs is 2. The summed E-state index contributed by atoms with van der Waals surface area (Å²) in [7, 11) is 1.82. The predicted octanol–water partition coefficient (Wildman–Crippen LogP) is 3.30. The average molecular weight is 418 g/mol. The molecule has 0 aromatic carbocycles. The van der Waals surface area contributed by atoms with E-state index in [0.717, 1.165) is 29.8 Å². The molecule has 4 unspecified atom stereocenters. The normalized spacial score (nSPS) is 27.7. The fourth-order valence-corrected chi connectivity index (χ4v) is 4.60. The molecule has 10 heteroatoms.